The molecule has 0 aromatic heterocycles. The number of rotatable bonds is 4. The van der Waals surface area contributed by atoms with Crippen LogP contribution < -0.4 is 0 Å². The lowest BCUT2D eigenvalue weighted by Crippen LogP contribution is -2.28. The van der Waals surface area contributed by atoms with Gasteiger partial charge in [0.25, 0.3) is 0 Å². The summed E-state index contributed by atoms with van der Waals surface area (Å²) in [6.07, 6.45) is 3.33. The van der Waals surface area contributed by atoms with E-state index >= 15 is 0 Å². The van der Waals surface area contributed by atoms with Gasteiger partial charge in [0.05, 0.1) is 4.90 Å². The van der Waals surface area contributed by atoms with E-state index in [1.807, 2.05) is 6.92 Å². The van der Waals surface area contributed by atoms with Gasteiger partial charge in [-0.1, -0.05) is 19.1 Å². The fourth-order valence-electron chi connectivity index (χ4n) is 2.18. The molecule has 0 amide bonds. The molecule has 5 nitrogen and oxygen atoms in total. The van der Waals surface area contributed by atoms with Gasteiger partial charge in [-0.2, -0.15) is 4.31 Å². The van der Waals surface area contributed by atoms with Crippen LogP contribution in [0.5, 0.6) is 0 Å². The van der Waals surface area contributed by atoms with Crippen molar-refractivity contribution < 1.29 is 18.3 Å². The summed E-state index contributed by atoms with van der Waals surface area (Å²) >= 11 is 0. The Morgan fingerprint density at radius 3 is 2.50 bits per heavy atom. The number of hydrogen-bond donors (Lipinski definition) is 1. The molecule has 1 atom stereocenters. The number of carboxylic acids is 1. The van der Waals surface area contributed by atoms with Gasteiger partial charge >= 0.3 is 5.97 Å². The first-order valence-electron chi connectivity index (χ1n) is 6.41. The minimum absolute atomic E-state index is 0.249. The van der Waals surface area contributed by atoms with Gasteiger partial charge in [-0.25, -0.2) is 13.2 Å². The van der Waals surface area contributed by atoms with Crippen molar-refractivity contribution in [3.8, 4) is 0 Å². The van der Waals surface area contributed by atoms with Crippen molar-refractivity contribution in [3.05, 3.63) is 35.9 Å². The maximum absolute atomic E-state index is 12.4. The van der Waals surface area contributed by atoms with E-state index in [0.717, 1.165) is 12.5 Å². The Kier molecular flexibility index (Phi) is 4.25. The molecule has 20 heavy (non-hydrogen) atoms. The van der Waals surface area contributed by atoms with Crippen LogP contribution >= 0.6 is 0 Å². The van der Waals surface area contributed by atoms with Crippen molar-refractivity contribution in [2.75, 3.05) is 13.1 Å². The molecule has 0 radical (unpaired) electrons. The monoisotopic (exact) mass is 295 g/mol. The lowest BCUT2D eigenvalue weighted by atomic mass is 10.2. The molecule has 0 aliphatic carbocycles. The second kappa shape index (κ2) is 5.76. The molecule has 1 aromatic rings. The number of aliphatic carboxylic acids is 1. The van der Waals surface area contributed by atoms with E-state index in [4.69, 9.17) is 5.11 Å². The van der Waals surface area contributed by atoms with E-state index in [1.54, 1.807) is 12.1 Å². The molecule has 0 bridgehead atoms. The standard InChI is InChI=1S/C14H17NO4S/c1-11-8-9-15(10-11)20(18,19)13-5-2-12(3-6-13)4-7-14(16)17/h2-7,11H,8-10H2,1H3,(H,16,17). The summed E-state index contributed by atoms with van der Waals surface area (Å²) in [7, 11) is -3.43. The summed E-state index contributed by atoms with van der Waals surface area (Å²) in [5.41, 5.74) is 0.654. The van der Waals surface area contributed by atoms with Gasteiger partial charge in [-0.15, -0.1) is 0 Å². The highest BCUT2D eigenvalue weighted by molar-refractivity contribution is 7.89. The molecule has 2 rings (SSSR count). The van der Waals surface area contributed by atoms with E-state index in [9.17, 15) is 13.2 Å². The zero-order valence-electron chi connectivity index (χ0n) is 11.2. The second-order valence-electron chi connectivity index (χ2n) is 5.00. The average molecular weight is 295 g/mol. The zero-order valence-corrected chi connectivity index (χ0v) is 12.0. The number of sulfonamides is 1. The van der Waals surface area contributed by atoms with Crippen LogP contribution in [0.3, 0.4) is 0 Å². The molecule has 1 aliphatic rings. The van der Waals surface area contributed by atoms with Gasteiger partial charge in [0.1, 0.15) is 0 Å². The Hall–Kier alpha value is -1.66. The van der Waals surface area contributed by atoms with E-state index in [1.165, 1.54) is 22.5 Å². The average Bonchev–Trinajstić information content (AvgIpc) is 2.84. The van der Waals surface area contributed by atoms with Crippen molar-refractivity contribution in [2.24, 2.45) is 5.92 Å². The predicted octanol–water partition coefficient (Wildman–Crippen LogP) is 1.81. The molecule has 0 saturated carbocycles. The molecule has 6 heteroatoms. The summed E-state index contributed by atoms with van der Waals surface area (Å²) in [5, 5.41) is 8.54. The summed E-state index contributed by atoms with van der Waals surface area (Å²) in [5.74, 6) is -0.643. The smallest absolute Gasteiger partial charge is 0.328 e. The second-order valence-corrected chi connectivity index (χ2v) is 6.94. The van der Waals surface area contributed by atoms with E-state index < -0.39 is 16.0 Å². The first-order valence-corrected chi connectivity index (χ1v) is 7.85. The van der Waals surface area contributed by atoms with Crippen LogP contribution in [-0.2, 0) is 14.8 Å². The van der Waals surface area contributed by atoms with Gasteiger partial charge in [0, 0.05) is 19.2 Å². The molecule has 1 heterocycles. The van der Waals surface area contributed by atoms with E-state index in [-0.39, 0.29) is 4.90 Å². The van der Waals surface area contributed by atoms with Crippen LogP contribution in [0.25, 0.3) is 6.08 Å². The summed E-state index contributed by atoms with van der Waals surface area (Å²) in [6.45, 7) is 3.16. The highest BCUT2D eigenvalue weighted by Crippen LogP contribution is 2.24. The Bertz CT molecular complexity index is 619. The number of carbonyl (C=O) groups is 1. The van der Waals surface area contributed by atoms with Gasteiger partial charge in [-0.05, 0) is 36.1 Å². The maximum atomic E-state index is 12.4. The molecular formula is C14H17NO4S. The van der Waals surface area contributed by atoms with Crippen molar-refractivity contribution >= 4 is 22.1 Å². The Morgan fingerprint density at radius 2 is 2.00 bits per heavy atom. The normalized spacial score (nSPS) is 20.6. The van der Waals surface area contributed by atoms with Crippen LogP contribution in [0, 0.1) is 5.92 Å². The summed E-state index contributed by atoms with van der Waals surface area (Å²) < 4.78 is 26.2. The molecule has 1 saturated heterocycles. The molecule has 1 N–H and O–H groups in total. The van der Waals surface area contributed by atoms with Crippen molar-refractivity contribution in [3.63, 3.8) is 0 Å². The van der Waals surface area contributed by atoms with Crippen molar-refractivity contribution in [2.45, 2.75) is 18.2 Å². The van der Waals surface area contributed by atoms with Crippen LogP contribution in [0.15, 0.2) is 35.2 Å². The van der Waals surface area contributed by atoms with E-state index in [2.05, 4.69) is 0 Å². The Morgan fingerprint density at radius 1 is 1.35 bits per heavy atom. The quantitative estimate of drug-likeness (QED) is 0.860. The SMILES string of the molecule is CC1CCN(S(=O)(=O)c2ccc(C=CC(=O)O)cc2)C1. The third-order valence-corrected chi connectivity index (χ3v) is 5.20. The lowest BCUT2D eigenvalue weighted by Gasteiger charge is -2.16. The van der Waals surface area contributed by atoms with Crippen LogP contribution in [0.2, 0.25) is 0 Å². The molecule has 1 unspecified atom stereocenters. The zero-order chi connectivity index (χ0) is 14.8. The minimum atomic E-state index is -3.43. The third-order valence-electron chi connectivity index (χ3n) is 3.32. The number of hydrogen-bond acceptors (Lipinski definition) is 3. The minimum Gasteiger partial charge on any atom is -0.478 e. The largest absolute Gasteiger partial charge is 0.478 e. The highest BCUT2D eigenvalue weighted by atomic mass is 32.2. The van der Waals surface area contributed by atoms with E-state index in [0.29, 0.717) is 24.6 Å². The maximum Gasteiger partial charge on any atom is 0.328 e. The molecular weight excluding hydrogens is 278 g/mol. The first-order chi connectivity index (χ1) is 9.39. The van der Waals surface area contributed by atoms with Crippen LogP contribution in [0.1, 0.15) is 18.9 Å². The topological polar surface area (TPSA) is 74.7 Å². The fourth-order valence-corrected chi connectivity index (χ4v) is 3.76. The van der Waals surface area contributed by atoms with Crippen molar-refractivity contribution in [1.29, 1.82) is 0 Å². The molecule has 1 fully saturated rings. The Balaban J connectivity index is 2.19. The van der Waals surface area contributed by atoms with Gasteiger partial charge < -0.3 is 5.11 Å². The highest BCUT2D eigenvalue weighted by Gasteiger charge is 2.30. The van der Waals surface area contributed by atoms with Gasteiger partial charge in [0.15, 0.2) is 0 Å². The Labute approximate surface area is 118 Å². The number of carboxylic acid groups (broad SMARTS) is 1. The molecule has 1 aromatic carbocycles. The number of benzene rings is 1. The summed E-state index contributed by atoms with van der Waals surface area (Å²) in [4.78, 5) is 10.7. The lowest BCUT2D eigenvalue weighted by molar-refractivity contribution is -0.131. The van der Waals surface area contributed by atoms with Crippen LogP contribution in [0.4, 0.5) is 0 Å². The van der Waals surface area contributed by atoms with Gasteiger partial charge in [-0.3, -0.25) is 0 Å². The van der Waals surface area contributed by atoms with Crippen molar-refractivity contribution in [1.82, 2.24) is 4.31 Å². The third kappa shape index (κ3) is 3.26. The fraction of sp³-hybridized carbons (Fsp3) is 0.357. The number of nitrogens with zero attached hydrogens (tertiary/aromatic N) is 1. The first kappa shape index (κ1) is 14.7. The van der Waals surface area contributed by atoms with Gasteiger partial charge in [0.2, 0.25) is 10.0 Å². The summed E-state index contributed by atoms with van der Waals surface area (Å²) in [6, 6.07) is 6.23. The molecule has 108 valence electrons. The molecule has 0 spiro atoms. The molecule has 1 aliphatic heterocycles. The predicted molar refractivity (Wildman–Crippen MR) is 75.7 cm³/mol. The van der Waals surface area contributed by atoms with Crippen LogP contribution in [-0.4, -0.2) is 36.9 Å².